The minimum Gasteiger partial charge on any atom is -0.349 e. The van der Waals surface area contributed by atoms with Crippen LogP contribution in [0.15, 0.2) is 29.8 Å². The van der Waals surface area contributed by atoms with Crippen molar-refractivity contribution in [1.82, 2.24) is 9.88 Å². The summed E-state index contributed by atoms with van der Waals surface area (Å²) in [5, 5.41) is 2.28. The molecule has 1 fully saturated rings. The Bertz CT molecular complexity index is 998. The average molecular weight is 365 g/mol. The van der Waals surface area contributed by atoms with E-state index in [0.717, 1.165) is 39.5 Å². The van der Waals surface area contributed by atoms with Crippen molar-refractivity contribution in [2.24, 2.45) is 0 Å². The van der Waals surface area contributed by atoms with Crippen LogP contribution in [0.25, 0.3) is 6.08 Å². The van der Waals surface area contributed by atoms with Gasteiger partial charge in [0.1, 0.15) is 5.57 Å². The summed E-state index contributed by atoms with van der Waals surface area (Å²) in [5.74, 6) is -1.29. The van der Waals surface area contributed by atoms with E-state index >= 15 is 0 Å². The summed E-state index contributed by atoms with van der Waals surface area (Å²) in [6.07, 6.45) is 1.57. The zero-order chi connectivity index (χ0) is 19.9. The number of nitrogens with zero attached hydrogens (tertiary/aromatic N) is 2. The molecule has 0 radical (unpaired) electrons. The molecule has 1 aromatic carbocycles. The Balaban J connectivity index is 2.09. The molecule has 140 valence electrons. The molecule has 4 amide bonds. The van der Waals surface area contributed by atoms with Crippen LogP contribution in [-0.2, 0) is 16.1 Å². The highest BCUT2D eigenvalue weighted by Gasteiger charge is 2.37. The fourth-order valence-electron chi connectivity index (χ4n) is 3.47. The number of aryl methyl sites for hydroxylation is 2. The van der Waals surface area contributed by atoms with Crippen molar-refractivity contribution in [2.75, 3.05) is 4.90 Å². The normalized spacial score (nSPS) is 16.3. The van der Waals surface area contributed by atoms with Gasteiger partial charge in [0.25, 0.3) is 11.8 Å². The summed E-state index contributed by atoms with van der Waals surface area (Å²) in [6, 6.07) is 6.61. The molecule has 0 aliphatic carbocycles. The molecule has 0 spiro atoms. The lowest BCUT2D eigenvalue weighted by Crippen LogP contribution is -2.54. The molecule has 6 heteroatoms. The maximum atomic E-state index is 13.1. The standard InChI is InChI=1S/C21H23N3O3/c1-6-23-13(3)10-16(15(23)5)11-17-19(25)22-21(27)24(20(17)26)18-9-7-8-12(2)14(18)4/h7-11H,6H2,1-5H3,(H,22,25,27). The maximum Gasteiger partial charge on any atom is 0.335 e. The third-order valence-corrected chi connectivity index (χ3v) is 5.15. The van der Waals surface area contributed by atoms with E-state index in [1.807, 2.05) is 46.8 Å². The van der Waals surface area contributed by atoms with E-state index in [1.54, 1.807) is 18.2 Å². The highest BCUT2D eigenvalue weighted by atomic mass is 16.2. The van der Waals surface area contributed by atoms with Crippen LogP contribution < -0.4 is 10.2 Å². The number of urea groups is 1. The van der Waals surface area contributed by atoms with Gasteiger partial charge in [0.15, 0.2) is 0 Å². The summed E-state index contributed by atoms with van der Waals surface area (Å²) in [5.41, 5.74) is 5.03. The van der Waals surface area contributed by atoms with Crippen molar-refractivity contribution < 1.29 is 14.4 Å². The molecule has 2 heterocycles. The Kier molecular flexibility index (Phi) is 4.74. The van der Waals surface area contributed by atoms with E-state index in [2.05, 4.69) is 9.88 Å². The zero-order valence-corrected chi connectivity index (χ0v) is 16.2. The largest absolute Gasteiger partial charge is 0.349 e. The fourth-order valence-corrected chi connectivity index (χ4v) is 3.47. The first kappa shape index (κ1) is 18.6. The van der Waals surface area contributed by atoms with E-state index in [0.29, 0.717) is 5.69 Å². The van der Waals surface area contributed by atoms with Gasteiger partial charge in [0.05, 0.1) is 5.69 Å². The molecule has 1 aliphatic heterocycles. The summed E-state index contributed by atoms with van der Waals surface area (Å²) in [7, 11) is 0. The van der Waals surface area contributed by atoms with Gasteiger partial charge in [-0.15, -0.1) is 0 Å². The van der Waals surface area contributed by atoms with Gasteiger partial charge in [-0.05, 0) is 69.5 Å². The summed E-state index contributed by atoms with van der Waals surface area (Å²) < 4.78 is 2.10. The number of rotatable bonds is 3. The van der Waals surface area contributed by atoms with Gasteiger partial charge < -0.3 is 4.57 Å². The quantitative estimate of drug-likeness (QED) is 0.669. The molecular weight excluding hydrogens is 342 g/mol. The first-order valence-corrected chi connectivity index (χ1v) is 8.90. The van der Waals surface area contributed by atoms with E-state index in [9.17, 15) is 14.4 Å². The van der Waals surface area contributed by atoms with Gasteiger partial charge in [-0.1, -0.05) is 12.1 Å². The predicted octanol–water partition coefficient (Wildman–Crippen LogP) is 3.41. The molecule has 0 atom stereocenters. The van der Waals surface area contributed by atoms with Gasteiger partial charge in [-0.25, -0.2) is 9.69 Å². The fraction of sp³-hybridized carbons (Fsp3) is 0.286. The smallest absolute Gasteiger partial charge is 0.335 e. The number of hydrogen-bond acceptors (Lipinski definition) is 3. The van der Waals surface area contributed by atoms with Crippen LogP contribution in [0.1, 0.15) is 35.0 Å². The highest BCUT2D eigenvalue weighted by molar-refractivity contribution is 6.39. The van der Waals surface area contributed by atoms with Crippen molar-refractivity contribution in [3.63, 3.8) is 0 Å². The summed E-state index contributed by atoms with van der Waals surface area (Å²) in [4.78, 5) is 38.8. The van der Waals surface area contributed by atoms with E-state index in [-0.39, 0.29) is 5.57 Å². The molecule has 2 aromatic rings. The first-order chi connectivity index (χ1) is 12.8. The number of amides is 4. The molecule has 27 heavy (non-hydrogen) atoms. The van der Waals surface area contributed by atoms with Crippen LogP contribution in [0.2, 0.25) is 0 Å². The number of carbonyl (C=O) groups excluding carboxylic acids is 3. The van der Waals surface area contributed by atoms with Crippen LogP contribution >= 0.6 is 0 Å². The van der Waals surface area contributed by atoms with Crippen LogP contribution in [0, 0.1) is 27.7 Å². The van der Waals surface area contributed by atoms with Gasteiger partial charge in [0.2, 0.25) is 0 Å². The lowest BCUT2D eigenvalue weighted by atomic mass is 10.0. The Morgan fingerprint density at radius 1 is 1.07 bits per heavy atom. The molecule has 1 saturated heterocycles. The number of benzene rings is 1. The third kappa shape index (κ3) is 3.07. The van der Waals surface area contributed by atoms with E-state index in [4.69, 9.17) is 0 Å². The van der Waals surface area contributed by atoms with Gasteiger partial charge in [0, 0.05) is 17.9 Å². The molecule has 6 nitrogen and oxygen atoms in total. The topological polar surface area (TPSA) is 71.4 Å². The molecule has 1 N–H and O–H groups in total. The molecular formula is C21H23N3O3. The van der Waals surface area contributed by atoms with Gasteiger partial charge >= 0.3 is 6.03 Å². The highest BCUT2D eigenvalue weighted by Crippen LogP contribution is 2.27. The molecule has 0 saturated carbocycles. The Morgan fingerprint density at radius 2 is 1.78 bits per heavy atom. The Morgan fingerprint density at radius 3 is 2.41 bits per heavy atom. The number of carbonyl (C=O) groups is 3. The molecule has 3 rings (SSSR count). The van der Waals surface area contributed by atoms with Crippen molar-refractivity contribution in [3.8, 4) is 0 Å². The van der Waals surface area contributed by atoms with Crippen LogP contribution in [-0.4, -0.2) is 22.4 Å². The van der Waals surface area contributed by atoms with Crippen molar-refractivity contribution >= 4 is 29.6 Å². The van der Waals surface area contributed by atoms with E-state index in [1.165, 1.54) is 0 Å². The predicted molar refractivity (Wildman–Crippen MR) is 104 cm³/mol. The molecule has 1 aromatic heterocycles. The molecule has 0 unspecified atom stereocenters. The molecule has 0 bridgehead atoms. The van der Waals surface area contributed by atoms with Gasteiger partial charge in [-0.3, -0.25) is 14.9 Å². The minimum absolute atomic E-state index is 0.0492. The number of imide groups is 2. The second-order valence-electron chi connectivity index (χ2n) is 6.75. The zero-order valence-electron chi connectivity index (χ0n) is 16.2. The second kappa shape index (κ2) is 6.87. The van der Waals surface area contributed by atoms with E-state index < -0.39 is 17.8 Å². The number of anilines is 1. The van der Waals surface area contributed by atoms with Crippen LogP contribution in [0.3, 0.4) is 0 Å². The Hall–Kier alpha value is -3.15. The van der Waals surface area contributed by atoms with Crippen molar-refractivity contribution in [1.29, 1.82) is 0 Å². The Labute approximate surface area is 158 Å². The lowest BCUT2D eigenvalue weighted by molar-refractivity contribution is -0.122. The number of nitrogens with one attached hydrogen (secondary N) is 1. The lowest BCUT2D eigenvalue weighted by Gasteiger charge is -2.28. The maximum absolute atomic E-state index is 13.1. The number of barbiturate groups is 1. The second-order valence-corrected chi connectivity index (χ2v) is 6.75. The third-order valence-electron chi connectivity index (χ3n) is 5.15. The summed E-state index contributed by atoms with van der Waals surface area (Å²) in [6.45, 7) is 10.5. The minimum atomic E-state index is -0.727. The number of aromatic nitrogens is 1. The van der Waals surface area contributed by atoms with Crippen molar-refractivity contribution in [3.05, 3.63) is 57.9 Å². The van der Waals surface area contributed by atoms with Crippen LogP contribution in [0.5, 0.6) is 0 Å². The average Bonchev–Trinajstić information content (AvgIpc) is 2.88. The first-order valence-electron chi connectivity index (χ1n) is 8.90. The van der Waals surface area contributed by atoms with Crippen LogP contribution in [0.4, 0.5) is 10.5 Å². The van der Waals surface area contributed by atoms with Crippen molar-refractivity contribution in [2.45, 2.75) is 41.2 Å². The van der Waals surface area contributed by atoms with Gasteiger partial charge in [-0.2, -0.15) is 0 Å². The monoisotopic (exact) mass is 365 g/mol. The SMILES string of the molecule is CCn1c(C)cc(C=C2C(=O)NC(=O)N(c3cccc(C)c3C)C2=O)c1C. The molecule has 1 aliphatic rings. The summed E-state index contributed by atoms with van der Waals surface area (Å²) >= 11 is 0. The number of hydrogen-bond donors (Lipinski definition) is 1.